The van der Waals surface area contributed by atoms with Crippen molar-refractivity contribution in [1.29, 1.82) is 0 Å². The molecule has 2 aliphatic heterocycles. The number of aromatic nitrogens is 1. The van der Waals surface area contributed by atoms with Crippen LogP contribution in [0.4, 0.5) is 0 Å². The Morgan fingerprint density at radius 3 is 2.81 bits per heavy atom. The Morgan fingerprint density at radius 1 is 1.26 bits per heavy atom. The Hall–Kier alpha value is -2.12. The van der Waals surface area contributed by atoms with Crippen LogP contribution in [-0.2, 0) is 33.7 Å². The van der Waals surface area contributed by atoms with Crippen LogP contribution in [-0.4, -0.2) is 54.1 Å². The summed E-state index contributed by atoms with van der Waals surface area (Å²) >= 11 is 0. The summed E-state index contributed by atoms with van der Waals surface area (Å²) < 4.78 is 11.2. The van der Waals surface area contributed by atoms with Crippen LogP contribution >= 0.6 is 0 Å². The van der Waals surface area contributed by atoms with Gasteiger partial charge in [-0.3, -0.25) is 9.69 Å². The summed E-state index contributed by atoms with van der Waals surface area (Å²) in [6.07, 6.45) is 6.49. The van der Waals surface area contributed by atoms with Crippen molar-refractivity contribution in [3.05, 3.63) is 28.1 Å². The molecule has 1 aliphatic carbocycles. The Labute approximate surface area is 159 Å². The lowest BCUT2D eigenvalue weighted by Gasteiger charge is -2.27. The monoisotopic (exact) mass is 372 g/mol. The van der Waals surface area contributed by atoms with Gasteiger partial charge in [-0.25, -0.2) is 5.43 Å². The van der Waals surface area contributed by atoms with Crippen LogP contribution in [0.15, 0.2) is 10.7 Å². The van der Waals surface area contributed by atoms with Crippen molar-refractivity contribution in [2.24, 2.45) is 5.10 Å². The number of carbonyl (C=O) groups excluding carboxylic acids is 1. The van der Waals surface area contributed by atoms with E-state index in [1.54, 1.807) is 0 Å². The molecule has 3 aliphatic rings. The fraction of sp³-hybridized carbons (Fsp3) is 0.600. The Kier molecular flexibility index (Phi) is 5.31. The van der Waals surface area contributed by atoms with Crippen molar-refractivity contribution in [1.82, 2.24) is 15.3 Å². The standard InChI is InChI=1S/C20H28N4O3/c1-13(2)27-20-15(19(25)22-23-20)11-18-16(12-24-7-9-26-10-8-24)14-5-3-4-6-17(14)21-18/h11,13,21H,3-10,12H2,1-2H3,(H,22,25). The normalized spacial score (nSPS) is 22.1. The molecule has 4 rings (SSSR count). The van der Waals surface area contributed by atoms with Crippen LogP contribution in [0.25, 0.3) is 6.08 Å². The molecule has 0 spiro atoms. The third kappa shape index (κ3) is 3.94. The highest BCUT2D eigenvalue weighted by molar-refractivity contribution is 6.24. The van der Waals surface area contributed by atoms with Crippen LogP contribution in [0.3, 0.4) is 0 Å². The number of hydrazone groups is 1. The summed E-state index contributed by atoms with van der Waals surface area (Å²) in [5.74, 6) is 0.162. The average Bonchev–Trinajstić information content (AvgIpc) is 3.18. The van der Waals surface area contributed by atoms with Gasteiger partial charge < -0.3 is 14.5 Å². The highest BCUT2D eigenvalue weighted by Gasteiger charge is 2.28. The lowest BCUT2D eigenvalue weighted by Crippen LogP contribution is -2.36. The van der Waals surface area contributed by atoms with E-state index in [0.29, 0.717) is 11.5 Å². The summed E-state index contributed by atoms with van der Waals surface area (Å²) in [5.41, 5.74) is 8.09. The SMILES string of the molecule is CC(C)OC1=NNC(=O)C1=Cc1[nH]c2c(c1CN1CCOCC1)CCCC2. The van der Waals surface area contributed by atoms with E-state index in [0.717, 1.165) is 51.4 Å². The third-order valence-corrected chi connectivity index (χ3v) is 5.30. The highest BCUT2D eigenvalue weighted by Crippen LogP contribution is 2.30. The minimum atomic E-state index is -0.212. The van der Waals surface area contributed by atoms with Gasteiger partial charge in [-0.2, -0.15) is 0 Å². The molecule has 0 saturated carbocycles. The Bertz CT molecular complexity index is 772. The molecule has 0 bridgehead atoms. The maximum atomic E-state index is 12.3. The van der Waals surface area contributed by atoms with Gasteiger partial charge in [0.15, 0.2) is 0 Å². The van der Waals surface area contributed by atoms with E-state index in [2.05, 4.69) is 20.4 Å². The first kappa shape index (κ1) is 18.3. The minimum absolute atomic E-state index is 0.0375. The predicted octanol–water partition coefficient (Wildman–Crippen LogP) is 1.98. The lowest BCUT2D eigenvalue weighted by atomic mass is 9.94. The van der Waals surface area contributed by atoms with Gasteiger partial charge in [-0.15, -0.1) is 5.10 Å². The number of carbonyl (C=O) groups is 1. The summed E-state index contributed by atoms with van der Waals surface area (Å²) in [4.78, 5) is 18.3. The number of aryl methyl sites for hydroxylation is 1. The number of H-pyrrole nitrogens is 1. The lowest BCUT2D eigenvalue weighted by molar-refractivity contribution is -0.116. The summed E-state index contributed by atoms with van der Waals surface area (Å²) in [7, 11) is 0. The second kappa shape index (κ2) is 7.86. The fourth-order valence-corrected chi connectivity index (χ4v) is 3.97. The predicted molar refractivity (Wildman–Crippen MR) is 103 cm³/mol. The van der Waals surface area contributed by atoms with Gasteiger partial charge in [0.05, 0.1) is 19.3 Å². The smallest absolute Gasteiger partial charge is 0.277 e. The number of morpholine rings is 1. The molecule has 1 amide bonds. The molecule has 2 N–H and O–H groups in total. The van der Waals surface area contributed by atoms with E-state index in [9.17, 15) is 4.79 Å². The molecule has 1 aromatic heterocycles. The molecule has 7 heteroatoms. The Morgan fingerprint density at radius 2 is 2.04 bits per heavy atom. The molecule has 3 heterocycles. The third-order valence-electron chi connectivity index (χ3n) is 5.30. The number of amides is 1. The maximum Gasteiger partial charge on any atom is 0.277 e. The average molecular weight is 372 g/mol. The summed E-state index contributed by atoms with van der Waals surface area (Å²) in [6, 6.07) is 0. The van der Waals surface area contributed by atoms with Crippen LogP contribution in [0, 0.1) is 0 Å². The fourth-order valence-electron chi connectivity index (χ4n) is 3.97. The van der Waals surface area contributed by atoms with Gasteiger partial charge in [0.2, 0.25) is 5.90 Å². The molecule has 0 radical (unpaired) electrons. The van der Waals surface area contributed by atoms with Crippen molar-refractivity contribution in [2.45, 2.75) is 52.2 Å². The van der Waals surface area contributed by atoms with Gasteiger partial charge in [0.1, 0.15) is 5.57 Å². The minimum Gasteiger partial charge on any atom is -0.473 e. The van der Waals surface area contributed by atoms with E-state index >= 15 is 0 Å². The van der Waals surface area contributed by atoms with Crippen molar-refractivity contribution in [3.8, 4) is 0 Å². The van der Waals surface area contributed by atoms with Crippen molar-refractivity contribution >= 4 is 17.9 Å². The largest absolute Gasteiger partial charge is 0.473 e. The van der Waals surface area contributed by atoms with Crippen molar-refractivity contribution < 1.29 is 14.3 Å². The van der Waals surface area contributed by atoms with Gasteiger partial charge in [-0.05, 0) is 56.7 Å². The van der Waals surface area contributed by atoms with Crippen LogP contribution in [0.1, 0.15) is 49.2 Å². The highest BCUT2D eigenvalue weighted by atomic mass is 16.5. The zero-order valence-electron chi connectivity index (χ0n) is 16.1. The zero-order chi connectivity index (χ0) is 18.8. The second-order valence-electron chi connectivity index (χ2n) is 7.65. The summed E-state index contributed by atoms with van der Waals surface area (Å²) in [5, 5.41) is 4.05. The van der Waals surface area contributed by atoms with E-state index in [-0.39, 0.29) is 12.0 Å². The molecule has 0 aromatic carbocycles. The van der Waals surface area contributed by atoms with Crippen LogP contribution in [0.5, 0.6) is 0 Å². The van der Waals surface area contributed by atoms with Crippen LogP contribution in [0.2, 0.25) is 0 Å². The summed E-state index contributed by atoms with van der Waals surface area (Å²) in [6.45, 7) is 8.20. The topological polar surface area (TPSA) is 78.9 Å². The number of nitrogens with one attached hydrogen (secondary N) is 2. The molecule has 27 heavy (non-hydrogen) atoms. The maximum absolute atomic E-state index is 12.3. The number of aromatic amines is 1. The number of ether oxygens (including phenoxy) is 2. The van der Waals surface area contributed by atoms with E-state index in [1.165, 1.54) is 29.7 Å². The number of hydrogen-bond acceptors (Lipinski definition) is 5. The quantitative estimate of drug-likeness (QED) is 0.792. The zero-order valence-corrected chi connectivity index (χ0v) is 16.1. The number of hydrogen-bond donors (Lipinski definition) is 2. The molecule has 1 saturated heterocycles. The molecule has 0 atom stereocenters. The Balaban J connectivity index is 1.67. The number of nitrogens with zero attached hydrogens (tertiary/aromatic N) is 2. The molecule has 146 valence electrons. The van der Waals surface area contributed by atoms with Gasteiger partial charge in [0, 0.05) is 31.0 Å². The number of rotatable bonds is 4. The van der Waals surface area contributed by atoms with E-state index < -0.39 is 0 Å². The van der Waals surface area contributed by atoms with Gasteiger partial charge in [-0.1, -0.05) is 0 Å². The van der Waals surface area contributed by atoms with Gasteiger partial charge in [0.25, 0.3) is 5.91 Å². The molecule has 1 fully saturated rings. The first-order valence-electron chi connectivity index (χ1n) is 9.91. The first-order valence-corrected chi connectivity index (χ1v) is 9.91. The van der Waals surface area contributed by atoms with E-state index in [1.807, 2.05) is 19.9 Å². The van der Waals surface area contributed by atoms with Crippen molar-refractivity contribution in [3.63, 3.8) is 0 Å². The first-order chi connectivity index (χ1) is 13.1. The van der Waals surface area contributed by atoms with Gasteiger partial charge >= 0.3 is 0 Å². The molecule has 1 aromatic rings. The van der Waals surface area contributed by atoms with Crippen LogP contribution < -0.4 is 5.43 Å². The molecule has 0 unspecified atom stereocenters. The number of fused-ring (bicyclic) bond motifs is 1. The molecule has 7 nitrogen and oxygen atoms in total. The van der Waals surface area contributed by atoms with E-state index in [4.69, 9.17) is 9.47 Å². The molecular weight excluding hydrogens is 344 g/mol. The van der Waals surface area contributed by atoms with Crippen molar-refractivity contribution in [2.75, 3.05) is 26.3 Å². The molecular formula is C20H28N4O3. The second-order valence-corrected chi connectivity index (χ2v) is 7.65.